The average molecular weight is 265 g/mol. The van der Waals surface area contributed by atoms with Crippen LogP contribution in [0.3, 0.4) is 0 Å². The molecule has 0 saturated heterocycles. The molecule has 2 rings (SSSR count). The molecule has 1 atom stereocenters. The Balaban J connectivity index is 2.27. The molecule has 0 aliphatic heterocycles. The molecule has 0 spiro atoms. The van der Waals surface area contributed by atoms with Crippen LogP contribution < -0.4 is 5.73 Å². The summed E-state index contributed by atoms with van der Waals surface area (Å²) < 4.78 is 1.90. The van der Waals surface area contributed by atoms with E-state index in [1.54, 1.807) is 12.1 Å². The largest absolute Gasteiger partial charge is 0.480 e. The first-order chi connectivity index (χ1) is 8.58. The zero-order valence-corrected chi connectivity index (χ0v) is 10.3. The van der Waals surface area contributed by atoms with Gasteiger partial charge in [0.25, 0.3) is 0 Å². The molecule has 3 N–H and O–H groups in total. The molecule has 5 heteroatoms. The lowest BCUT2D eigenvalue weighted by Gasteiger charge is -2.11. The maximum Gasteiger partial charge on any atom is 0.320 e. The molecule has 1 aromatic carbocycles. The topological polar surface area (TPSA) is 68.2 Å². The number of benzene rings is 1. The summed E-state index contributed by atoms with van der Waals surface area (Å²) in [6.45, 7) is 0. The van der Waals surface area contributed by atoms with Crippen molar-refractivity contribution in [2.45, 2.75) is 12.5 Å². The van der Waals surface area contributed by atoms with Crippen LogP contribution in [-0.4, -0.2) is 21.7 Å². The molecule has 2 aromatic rings. The van der Waals surface area contributed by atoms with E-state index < -0.39 is 12.0 Å². The number of halogens is 1. The van der Waals surface area contributed by atoms with E-state index in [2.05, 4.69) is 0 Å². The monoisotopic (exact) mass is 264 g/mol. The smallest absolute Gasteiger partial charge is 0.320 e. The van der Waals surface area contributed by atoms with Crippen molar-refractivity contribution >= 4 is 17.6 Å². The van der Waals surface area contributed by atoms with E-state index in [1.165, 1.54) is 0 Å². The van der Waals surface area contributed by atoms with Gasteiger partial charge in [0.1, 0.15) is 6.04 Å². The summed E-state index contributed by atoms with van der Waals surface area (Å²) in [4.78, 5) is 10.8. The average Bonchev–Trinajstić information content (AvgIpc) is 2.78. The fourth-order valence-corrected chi connectivity index (χ4v) is 1.87. The molecule has 1 heterocycles. The molecule has 0 amide bonds. The van der Waals surface area contributed by atoms with Gasteiger partial charge in [-0.2, -0.15) is 0 Å². The van der Waals surface area contributed by atoms with E-state index in [1.807, 2.05) is 35.0 Å². The summed E-state index contributed by atoms with van der Waals surface area (Å²) in [5, 5.41) is 9.49. The maximum atomic E-state index is 10.8. The van der Waals surface area contributed by atoms with Gasteiger partial charge in [-0.15, -0.1) is 0 Å². The molecule has 1 aromatic heterocycles. The lowest BCUT2D eigenvalue weighted by molar-refractivity contribution is -0.138. The number of aromatic nitrogens is 1. The first-order valence-electron chi connectivity index (χ1n) is 5.48. The van der Waals surface area contributed by atoms with Gasteiger partial charge in [0.05, 0.1) is 0 Å². The Morgan fingerprint density at radius 1 is 1.33 bits per heavy atom. The molecular formula is C13H13ClN2O2. The highest BCUT2D eigenvalue weighted by atomic mass is 35.5. The zero-order valence-electron chi connectivity index (χ0n) is 9.58. The minimum Gasteiger partial charge on any atom is -0.480 e. The summed E-state index contributed by atoms with van der Waals surface area (Å²) in [6, 6.07) is 10.1. The molecule has 0 aliphatic carbocycles. The summed E-state index contributed by atoms with van der Waals surface area (Å²) >= 11 is 5.83. The van der Waals surface area contributed by atoms with E-state index in [4.69, 9.17) is 22.4 Å². The van der Waals surface area contributed by atoms with E-state index in [0.717, 1.165) is 11.4 Å². The van der Waals surface area contributed by atoms with E-state index in [9.17, 15) is 4.79 Å². The van der Waals surface area contributed by atoms with Crippen molar-refractivity contribution < 1.29 is 9.90 Å². The molecule has 0 aliphatic rings. The van der Waals surface area contributed by atoms with Crippen molar-refractivity contribution in [2.24, 2.45) is 5.73 Å². The number of aliphatic carboxylic acids is 1. The van der Waals surface area contributed by atoms with Gasteiger partial charge in [-0.1, -0.05) is 11.6 Å². The number of carboxylic acid groups (broad SMARTS) is 1. The maximum absolute atomic E-state index is 10.8. The zero-order chi connectivity index (χ0) is 13.1. The second kappa shape index (κ2) is 5.25. The van der Waals surface area contributed by atoms with Gasteiger partial charge in [0, 0.05) is 29.0 Å². The van der Waals surface area contributed by atoms with Crippen molar-refractivity contribution in [1.82, 2.24) is 4.57 Å². The van der Waals surface area contributed by atoms with Crippen molar-refractivity contribution in [1.29, 1.82) is 0 Å². The Bertz CT molecular complexity index is 548. The Morgan fingerprint density at radius 2 is 2.00 bits per heavy atom. The van der Waals surface area contributed by atoms with Crippen LogP contribution in [0.5, 0.6) is 0 Å². The van der Waals surface area contributed by atoms with Crippen LogP contribution in [0.4, 0.5) is 0 Å². The predicted octanol–water partition coefficient (Wildman–Crippen LogP) is 2.09. The molecule has 4 nitrogen and oxygen atoms in total. The minimum atomic E-state index is -1.00. The van der Waals surface area contributed by atoms with Gasteiger partial charge < -0.3 is 15.4 Å². The normalized spacial score (nSPS) is 12.3. The quantitative estimate of drug-likeness (QED) is 0.888. The van der Waals surface area contributed by atoms with E-state index >= 15 is 0 Å². The summed E-state index contributed by atoms with van der Waals surface area (Å²) in [5.41, 5.74) is 7.33. The summed E-state index contributed by atoms with van der Waals surface area (Å²) in [7, 11) is 0. The van der Waals surface area contributed by atoms with E-state index in [0.29, 0.717) is 5.02 Å². The van der Waals surface area contributed by atoms with Crippen molar-refractivity contribution in [3.8, 4) is 5.69 Å². The van der Waals surface area contributed by atoms with Crippen LogP contribution in [0.15, 0.2) is 42.6 Å². The number of nitrogens with zero attached hydrogens (tertiary/aromatic N) is 1. The van der Waals surface area contributed by atoms with Crippen LogP contribution in [-0.2, 0) is 11.2 Å². The highest BCUT2D eigenvalue weighted by Gasteiger charge is 2.14. The minimum absolute atomic E-state index is 0.283. The van der Waals surface area contributed by atoms with Crippen LogP contribution in [0, 0.1) is 0 Å². The third-order valence-electron chi connectivity index (χ3n) is 2.68. The Labute approximate surface area is 110 Å². The Morgan fingerprint density at radius 3 is 2.61 bits per heavy atom. The molecular weight excluding hydrogens is 252 g/mol. The molecule has 0 bridgehead atoms. The lowest BCUT2D eigenvalue weighted by Crippen LogP contribution is -2.32. The fourth-order valence-electron chi connectivity index (χ4n) is 1.75. The fraction of sp³-hybridized carbons (Fsp3) is 0.154. The number of carboxylic acids is 1. The van der Waals surface area contributed by atoms with Crippen molar-refractivity contribution in [3.05, 3.63) is 53.3 Å². The predicted molar refractivity (Wildman–Crippen MR) is 70.1 cm³/mol. The van der Waals surface area contributed by atoms with Crippen LogP contribution in [0.25, 0.3) is 5.69 Å². The number of rotatable bonds is 4. The highest BCUT2D eigenvalue weighted by molar-refractivity contribution is 6.30. The Kier molecular flexibility index (Phi) is 3.69. The molecule has 18 heavy (non-hydrogen) atoms. The number of hydrogen-bond donors (Lipinski definition) is 2. The van der Waals surface area contributed by atoms with Crippen molar-refractivity contribution in [3.63, 3.8) is 0 Å². The summed E-state index contributed by atoms with van der Waals surface area (Å²) in [5.74, 6) is -1.00. The first kappa shape index (κ1) is 12.7. The van der Waals surface area contributed by atoms with Crippen molar-refractivity contribution in [2.75, 3.05) is 0 Å². The van der Waals surface area contributed by atoms with Gasteiger partial charge >= 0.3 is 5.97 Å². The molecule has 0 saturated carbocycles. The second-order valence-electron chi connectivity index (χ2n) is 3.99. The SMILES string of the molecule is NC(Cc1cccn1-c1ccc(Cl)cc1)C(=O)O. The number of nitrogens with two attached hydrogens (primary N) is 1. The van der Waals surface area contributed by atoms with Gasteiger partial charge in [-0.25, -0.2) is 0 Å². The molecule has 94 valence electrons. The van der Waals surface area contributed by atoms with Crippen LogP contribution in [0.2, 0.25) is 5.02 Å². The van der Waals surface area contributed by atoms with Gasteiger partial charge in [0.15, 0.2) is 0 Å². The molecule has 0 radical (unpaired) electrons. The van der Waals surface area contributed by atoms with Gasteiger partial charge in [0.2, 0.25) is 0 Å². The third kappa shape index (κ3) is 2.72. The van der Waals surface area contributed by atoms with Crippen LogP contribution in [0.1, 0.15) is 5.69 Å². The van der Waals surface area contributed by atoms with Gasteiger partial charge in [-0.3, -0.25) is 4.79 Å². The first-order valence-corrected chi connectivity index (χ1v) is 5.86. The second-order valence-corrected chi connectivity index (χ2v) is 4.43. The number of hydrogen-bond acceptors (Lipinski definition) is 2. The standard InChI is InChI=1S/C13H13ClN2O2/c14-9-3-5-10(6-4-9)16-7-1-2-11(16)8-12(15)13(17)18/h1-7,12H,8,15H2,(H,17,18). The number of carbonyl (C=O) groups is 1. The Hall–Kier alpha value is -1.78. The molecule has 0 fully saturated rings. The highest BCUT2D eigenvalue weighted by Crippen LogP contribution is 2.17. The third-order valence-corrected chi connectivity index (χ3v) is 2.94. The van der Waals surface area contributed by atoms with E-state index in [-0.39, 0.29) is 6.42 Å². The summed E-state index contributed by atoms with van der Waals surface area (Å²) in [6.07, 6.45) is 2.15. The van der Waals surface area contributed by atoms with Gasteiger partial charge in [-0.05, 0) is 36.4 Å². The lowest BCUT2D eigenvalue weighted by atomic mass is 10.1. The van der Waals surface area contributed by atoms with Crippen LogP contribution >= 0.6 is 11.6 Å². The molecule has 1 unspecified atom stereocenters.